The van der Waals surface area contributed by atoms with Gasteiger partial charge in [-0.15, -0.1) is 0 Å². The van der Waals surface area contributed by atoms with Gasteiger partial charge >= 0.3 is 0 Å². The molecular formula is C16H19NO. The molecule has 1 atom stereocenters. The molecule has 0 fully saturated rings. The van der Waals surface area contributed by atoms with E-state index in [4.69, 9.17) is 0 Å². The molecule has 0 radical (unpaired) electrons. The van der Waals surface area contributed by atoms with Gasteiger partial charge in [0.2, 0.25) is 0 Å². The Hall–Kier alpha value is -1.70. The minimum atomic E-state index is 0.273. The number of benzene rings is 1. The topological polar surface area (TPSA) is 30.0 Å². The molecule has 1 aromatic carbocycles. The van der Waals surface area contributed by atoms with Crippen molar-refractivity contribution >= 4 is 17.1 Å². The first-order chi connectivity index (χ1) is 8.63. The normalized spacial score (nSPS) is 12.9. The summed E-state index contributed by atoms with van der Waals surface area (Å²) in [4.78, 5) is 14.9. The molecule has 2 rings (SSSR count). The smallest absolute Gasteiger partial charge is 0.120 e. The highest BCUT2D eigenvalue weighted by molar-refractivity contribution is 5.86. The third kappa shape index (κ3) is 2.42. The number of fused-ring (bicyclic) bond motifs is 1. The first-order valence-corrected chi connectivity index (χ1v) is 6.44. The number of hydrogen-bond acceptors (Lipinski definition) is 2. The van der Waals surface area contributed by atoms with Crippen LogP contribution in [0.15, 0.2) is 30.6 Å². The minimum Gasteiger partial charge on any atom is -0.303 e. The summed E-state index contributed by atoms with van der Waals surface area (Å²) >= 11 is 0. The average Bonchev–Trinajstić information content (AvgIpc) is 2.37. The maximum absolute atomic E-state index is 10.6. The van der Waals surface area contributed by atoms with Crippen LogP contribution in [0.3, 0.4) is 0 Å². The Balaban J connectivity index is 2.50. The van der Waals surface area contributed by atoms with Crippen LogP contribution in [0.5, 0.6) is 0 Å². The van der Waals surface area contributed by atoms with E-state index in [2.05, 4.69) is 44.0 Å². The van der Waals surface area contributed by atoms with Crippen LogP contribution in [0, 0.1) is 0 Å². The van der Waals surface area contributed by atoms with Gasteiger partial charge in [-0.1, -0.05) is 32.9 Å². The lowest BCUT2D eigenvalue weighted by Crippen LogP contribution is -1.96. The van der Waals surface area contributed by atoms with Crippen LogP contribution >= 0.6 is 0 Å². The Morgan fingerprint density at radius 2 is 2.00 bits per heavy atom. The largest absolute Gasteiger partial charge is 0.303 e. The van der Waals surface area contributed by atoms with Crippen LogP contribution in [-0.2, 0) is 4.79 Å². The monoisotopic (exact) mass is 241 g/mol. The van der Waals surface area contributed by atoms with Gasteiger partial charge in [0.1, 0.15) is 6.29 Å². The van der Waals surface area contributed by atoms with Crippen LogP contribution in [0.25, 0.3) is 10.8 Å². The van der Waals surface area contributed by atoms with Gasteiger partial charge < -0.3 is 4.79 Å². The SMILES string of the molecule is CC(C)c1cncc2cc(C(C)CC=O)ccc12. The van der Waals surface area contributed by atoms with Gasteiger partial charge in [-0.3, -0.25) is 4.98 Å². The molecule has 94 valence electrons. The number of pyridine rings is 1. The predicted octanol–water partition coefficient (Wildman–Crippen LogP) is 4.05. The van der Waals surface area contributed by atoms with Crippen molar-refractivity contribution in [2.75, 3.05) is 0 Å². The van der Waals surface area contributed by atoms with E-state index in [1.807, 2.05) is 12.4 Å². The molecule has 0 spiro atoms. The second-order valence-corrected chi connectivity index (χ2v) is 5.17. The lowest BCUT2D eigenvalue weighted by Gasteiger charge is -2.13. The van der Waals surface area contributed by atoms with Crippen molar-refractivity contribution in [1.29, 1.82) is 0 Å². The van der Waals surface area contributed by atoms with Crippen LogP contribution in [-0.4, -0.2) is 11.3 Å². The van der Waals surface area contributed by atoms with Crippen LogP contribution in [0.2, 0.25) is 0 Å². The van der Waals surface area contributed by atoms with Crippen molar-refractivity contribution < 1.29 is 4.79 Å². The van der Waals surface area contributed by atoms with Crippen molar-refractivity contribution in [3.63, 3.8) is 0 Å². The third-order valence-electron chi connectivity index (χ3n) is 3.45. The van der Waals surface area contributed by atoms with Crippen molar-refractivity contribution in [3.05, 3.63) is 41.7 Å². The summed E-state index contributed by atoms with van der Waals surface area (Å²) in [5, 5.41) is 2.43. The molecule has 0 aliphatic carbocycles. The van der Waals surface area contributed by atoms with Gasteiger partial charge in [0.05, 0.1) is 0 Å². The number of aldehydes is 1. The van der Waals surface area contributed by atoms with Crippen LogP contribution < -0.4 is 0 Å². The highest BCUT2D eigenvalue weighted by Crippen LogP contribution is 2.27. The Morgan fingerprint density at radius 1 is 1.22 bits per heavy atom. The Bertz CT molecular complexity index is 560. The number of rotatable bonds is 4. The van der Waals surface area contributed by atoms with Gasteiger partial charge in [-0.2, -0.15) is 0 Å². The molecule has 2 aromatic rings. The third-order valence-corrected chi connectivity index (χ3v) is 3.45. The van der Waals surface area contributed by atoms with Gasteiger partial charge in [0.25, 0.3) is 0 Å². The van der Waals surface area contributed by atoms with Crippen molar-refractivity contribution in [1.82, 2.24) is 4.98 Å². The molecule has 0 amide bonds. The number of nitrogens with zero attached hydrogens (tertiary/aromatic N) is 1. The standard InChI is InChI=1S/C16H19NO/c1-11(2)16-10-17-9-14-8-13(4-5-15(14)16)12(3)6-7-18/h4-5,7-12H,6H2,1-3H3. The van der Waals surface area contributed by atoms with E-state index in [-0.39, 0.29) is 5.92 Å². The van der Waals surface area contributed by atoms with E-state index < -0.39 is 0 Å². The quantitative estimate of drug-likeness (QED) is 0.756. The summed E-state index contributed by atoms with van der Waals surface area (Å²) in [6, 6.07) is 6.44. The lowest BCUT2D eigenvalue weighted by atomic mass is 9.93. The fraction of sp³-hybridized carbons (Fsp3) is 0.375. The first kappa shape index (κ1) is 12.7. The van der Waals surface area contributed by atoms with Crippen molar-refractivity contribution in [2.45, 2.75) is 39.0 Å². The number of carbonyl (C=O) groups excluding carboxylic acids is 1. The first-order valence-electron chi connectivity index (χ1n) is 6.44. The molecule has 0 aliphatic heterocycles. The Kier molecular flexibility index (Phi) is 3.75. The fourth-order valence-electron chi connectivity index (χ4n) is 2.27. The summed E-state index contributed by atoms with van der Waals surface area (Å²) in [7, 11) is 0. The number of hydrogen-bond donors (Lipinski definition) is 0. The summed E-state index contributed by atoms with van der Waals surface area (Å²) in [5.41, 5.74) is 2.49. The fourth-order valence-corrected chi connectivity index (χ4v) is 2.27. The van der Waals surface area contributed by atoms with E-state index >= 15 is 0 Å². The second-order valence-electron chi connectivity index (χ2n) is 5.17. The average molecular weight is 241 g/mol. The zero-order valence-corrected chi connectivity index (χ0v) is 11.2. The molecule has 2 nitrogen and oxygen atoms in total. The molecule has 1 aromatic heterocycles. The van der Waals surface area contributed by atoms with Gasteiger partial charge in [0, 0.05) is 24.2 Å². The maximum atomic E-state index is 10.6. The highest BCUT2D eigenvalue weighted by atomic mass is 16.1. The molecule has 1 unspecified atom stereocenters. The molecule has 18 heavy (non-hydrogen) atoms. The second kappa shape index (κ2) is 5.30. The summed E-state index contributed by atoms with van der Waals surface area (Å²) in [5.74, 6) is 0.744. The lowest BCUT2D eigenvalue weighted by molar-refractivity contribution is -0.108. The summed E-state index contributed by atoms with van der Waals surface area (Å²) in [6.07, 6.45) is 5.40. The zero-order valence-electron chi connectivity index (χ0n) is 11.2. The Labute approximate surface area is 108 Å². The predicted molar refractivity (Wildman–Crippen MR) is 74.9 cm³/mol. The zero-order chi connectivity index (χ0) is 13.1. The Morgan fingerprint density at radius 3 is 2.67 bits per heavy atom. The molecule has 0 bridgehead atoms. The molecular weight excluding hydrogens is 222 g/mol. The van der Waals surface area contributed by atoms with E-state index in [1.165, 1.54) is 16.5 Å². The molecule has 1 heterocycles. The van der Waals surface area contributed by atoms with Crippen LogP contribution in [0.1, 0.15) is 50.2 Å². The van der Waals surface area contributed by atoms with Crippen molar-refractivity contribution in [2.24, 2.45) is 0 Å². The molecule has 0 saturated carbocycles. The van der Waals surface area contributed by atoms with Gasteiger partial charge in [-0.05, 0) is 34.4 Å². The molecule has 0 aliphatic rings. The number of aromatic nitrogens is 1. The van der Waals surface area contributed by atoms with E-state index in [9.17, 15) is 4.79 Å². The van der Waals surface area contributed by atoms with E-state index in [0.717, 1.165) is 11.7 Å². The van der Waals surface area contributed by atoms with Crippen molar-refractivity contribution in [3.8, 4) is 0 Å². The summed E-state index contributed by atoms with van der Waals surface area (Å²) < 4.78 is 0. The van der Waals surface area contributed by atoms with E-state index in [0.29, 0.717) is 12.3 Å². The summed E-state index contributed by atoms with van der Waals surface area (Å²) in [6.45, 7) is 6.44. The minimum absolute atomic E-state index is 0.273. The van der Waals surface area contributed by atoms with Crippen LogP contribution in [0.4, 0.5) is 0 Å². The highest BCUT2D eigenvalue weighted by Gasteiger charge is 2.09. The maximum Gasteiger partial charge on any atom is 0.120 e. The number of carbonyl (C=O) groups is 1. The van der Waals surface area contributed by atoms with E-state index in [1.54, 1.807) is 0 Å². The molecule has 2 heteroatoms. The van der Waals surface area contributed by atoms with Gasteiger partial charge in [0.15, 0.2) is 0 Å². The molecule has 0 N–H and O–H groups in total. The van der Waals surface area contributed by atoms with Gasteiger partial charge in [-0.25, -0.2) is 0 Å². The molecule has 0 saturated heterocycles.